The second kappa shape index (κ2) is 12.4. The highest BCUT2D eigenvalue weighted by Gasteiger charge is 2.20. The Morgan fingerprint density at radius 1 is 1.14 bits per heavy atom. The molecule has 3 N–H and O–H groups in total. The van der Waals surface area contributed by atoms with Crippen LogP contribution in [0.2, 0.25) is 0 Å². The summed E-state index contributed by atoms with van der Waals surface area (Å²) in [5.41, 5.74) is 6.05. The van der Waals surface area contributed by atoms with E-state index in [-0.39, 0.29) is 12.1 Å². The van der Waals surface area contributed by atoms with Gasteiger partial charge in [0.1, 0.15) is 0 Å². The molecule has 3 unspecified atom stereocenters. The molecule has 2 radical (unpaired) electrons. The average Bonchev–Trinajstić information content (AvgIpc) is 3.00. The van der Waals surface area contributed by atoms with Crippen molar-refractivity contribution in [2.24, 2.45) is 5.73 Å². The largest absolute Gasteiger partial charge is 0.391 e. The molecule has 1 aliphatic heterocycles. The summed E-state index contributed by atoms with van der Waals surface area (Å²) in [6.45, 7) is 3.08. The van der Waals surface area contributed by atoms with Crippen LogP contribution in [-0.2, 0) is 4.74 Å². The minimum Gasteiger partial charge on any atom is -0.391 e. The van der Waals surface area contributed by atoms with Gasteiger partial charge in [0.15, 0.2) is 0 Å². The summed E-state index contributed by atoms with van der Waals surface area (Å²) in [6.07, 6.45) is 17.0. The Hall–Kier alpha value is -0.120. The van der Waals surface area contributed by atoms with Crippen molar-refractivity contribution in [2.45, 2.75) is 102 Å². The molecule has 1 saturated heterocycles. The number of ether oxygens (including phenoxy) is 1. The highest BCUT2D eigenvalue weighted by atomic mass is 16.5. The van der Waals surface area contributed by atoms with E-state index in [1.54, 1.807) is 0 Å². The summed E-state index contributed by atoms with van der Waals surface area (Å²) >= 11 is 0. The van der Waals surface area contributed by atoms with Crippen LogP contribution in [0.4, 0.5) is 0 Å². The van der Waals surface area contributed by atoms with E-state index < -0.39 is 6.10 Å². The van der Waals surface area contributed by atoms with Crippen molar-refractivity contribution >= 4 is 0 Å². The first-order valence-corrected chi connectivity index (χ1v) is 9.02. The molecular weight excluding hydrogens is 262 g/mol. The van der Waals surface area contributed by atoms with E-state index in [0.29, 0.717) is 6.42 Å². The lowest BCUT2D eigenvalue weighted by atomic mass is 9.98. The van der Waals surface area contributed by atoms with Crippen LogP contribution in [0.15, 0.2) is 0 Å². The zero-order valence-electron chi connectivity index (χ0n) is 13.9. The Labute approximate surface area is 131 Å². The van der Waals surface area contributed by atoms with E-state index >= 15 is 0 Å². The van der Waals surface area contributed by atoms with Crippen molar-refractivity contribution in [2.75, 3.05) is 6.61 Å². The van der Waals surface area contributed by atoms with Crippen molar-refractivity contribution < 1.29 is 9.84 Å². The van der Waals surface area contributed by atoms with Gasteiger partial charge in [0.25, 0.3) is 0 Å². The van der Waals surface area contributed by atoms with E-state index in [1.165, 1.54) is 44.9 Å². The number of unbranched alkanes of at least 4 members (excludes halogenated alkanes) is 7. The lowest BCUT2D eigenvalue weighted by molar-refractivity contribution is 0.103. The van der Waals surface area contributed by atoms with Gasteiger partial charge in [-0.3, -0.25) is 0 Å². The Morgan fingerprint density at radius 2 is 1.81 bits per heavy atom. The number of aliphatic hydroxyl groups excluding tert-OH is 1. The third-order valence-electron chi connectivity index (χ3n) is 4.37. The van der Waals surface area contributed by atoms with Gasteiger partial charge in [-0.15, -0.1) is 0 Å². The summed E-state index contributed by atoms with van der Waals surface area (Å²) in [5.74, 6) is 0. The van der Waals surface area contributed by atoms with Gasteiger partial charge < -0.3 is 15.6 Å². The fourth-order valence-electron chi connectivity index (χ4n) is 2.85. The molecule has 124 valence electrons. The summed E-state index contributed by atoms with van der Waals surface area (Å²) < 4.78 is 5.47. The lowest BCUT2D eigenvalue weighted by Gasteiger charge is -2.19. The number of aliphatic hydroxyl groups is 1. The SMILES string of the molecule is CCCCCCCCCCC(N)C(O)C[C]C1CCCO1. The van der Waals surface area contributed by atoms with Crippen molar-refractivity contribution in [3.05, 3.63) is 6.42 Å². The lowest BCUT2D eigenvalue weighted by Crippen LogP contribution is -2.35. The van der Waals surface area contributed by atoms with Crippen LogP contribution in [0, 0.1) is 6.42 Å². The van der Waals surface area contributed by atoms with Gasteiger partial charge in [0, 0.05) is 19.1 Å². The standard InChI is InChI=1S/C18H35NO2/c1-2-3-4-5-6-7-8-9-12-17(19)18(20)14-13-16-11-10-15-21-16/h16-18,20H,2-12,14-15,19H2,1H3. The van der Waals surface area contributed by atoms with Gasteiger partial charge in [-0.2, -0.15) is 0 Å². The molecule has 3 atom stereocenters. The van der Waals surface area contributed by atoms with Crippen LogP contribution >= 0.6 is 0 Å². The number of nitrogens with two attached hydrogens (primary N) is 1. The van der Waals surface area contributed by atoms with E-state index in [1.807, 2.05) is 0 Å². The minimum absolute atomic E-state index is 0.112. The van der Waals surface area contributed by atoms with E-state index in [9.17, 15) is 5.11 Å². The van der Waals surface area contributed by atoms with Crippen molar-refractivity contribution in [1.82, 2.24) is 0 Å². The predicted octanol–water partition coefficient (Wildman–Crippen LogP) is 3.86. The number of hydrogen-bond acceptors (Lipinski definition) is 3. The molecule has 0 aromatic heterocycles. The maximum Gasteiger partial charge on any atom is 0.0697 e. The van der Waals surface area contributed by atoms with Gasteiger partial charge in [0.2, 0.25) is 0 Å². The first kappa shape index (κ1) is 18.9. The fourth-order valence-corrected chi connectivity index (χ4v) is 2.85. The van der Waals surface area contributed by atoms with E-state index in [4.69, 9.17) is 10.5 Å². The zero-order valence-corrected chi connectivity index (χ0v) is 13.9. The molecule has 0 amide bonds. The molecule has 0 saturated carbocycles. The molecule has 3 nitrogen and oxygen atoms in total. The van der Waals surface area contributed by atoms with E-state index in [0.717, 1.165) is 32.3 Å². The molecule has 0 bridgehead atoms. The quantitative estimate of drug-likeness (QED) is 0.508. The number of rotatable bonds is 13. The molecule has 0 aromatic carbocycles. The Balaban J connectivity index is 1.90. The number of hydrogen-bond donors (Lipinski definition) is 2. The summed E-state index contributed by atoms with van der Waals surface area (Å²) in [4.78, 5) is 0. The first-order valence-electron chi connectivity index (χ1n) is 9.02. The van der Waals surface area contributed by atoms with Gasteiger partial charge in [0.05, 0.1) is 12.2 Å². The normalized spacial score (nSPS) is 21.6. The molecule has 1 fully saturated rings. The predicted molar refractivity (Wildman–Crippen MR) is 88.0 cm³/mol. The van der Waals surface area contributed by atoms with Crippen molar-refractivity contribution in [1.29, 1.82) is 0 Å². The highest BCUT2D eigenvalue weighted by molar-refractivity contribution is 4.86. The van der Waals surface area contributed by atoms with Crippen LogP contribution < -0.4 is 5.73 Å². The topological polar surface area (TPSA) is 55.5 Å². The molecule has 1 aliphatic rings. The van der Waals surface area contributed by atoms with Gasteiger partial charge >= 0.3 is 0 Å². The Bertz CT molecular complexity index is 229. The average molecular weight is 297 g/mol. The second-order valence-corrected chi connectivity index (χ2v) is 6.40. The second-order valence-electron chi connectivity index (χ2n) is 6.40. The fraction of sp³-hybridized carbons (Fsp3) is 0.944. The molecule has 3 heteroatoms. The van der Waals surface area contributed by atoms with Crippen LogP contribution in [0.3, 0.4) is 0 Å². The maximum atomic E-state index is 10.0. The molecule has 21 heavy (non-hydrogen) atoms. The first-order chi connectivity index (χ1) is 10.2. The Morgan fingerprint density at radius 3 is 2.43 bits per heavy atom. The van der Waals surface area contributed by atoms with Gasteiger partial charge in [-0.05, 0) is 25.7 Å². The summed E-state index contributed by atoms with van der Waals surface area (Å²) in [6, 6.07) is -0.112. The highest BCUT2D eigenvalue weighted by Crippen LogP contribution is 2.18. The molecule has 0 aromatic rings. The monoisotopic (exact) mass is 297 g/mol. The van der Waals surface area contributed by atoms with Gasteiger partial charge in [-0.25, -0.2) is 0 Å². The molecule has 1 rings (SSSR count). The van der Waals surface area contributed by atoms with Crippen LogP contribution in [0.5, 0.6) is 0 Å². The van der Waals surface area contributed by atoms with Crippen LogP contribution in [0.25, 0.3) is 0 Å². The van der Waals surface area contributed by atoms with Crippen molar-refractivity contribution in [3.8, 4) is 0 Å². The molecule has 0 aliphatic carbocycles. The summed E-state index contributed by atoms with van der Waals surface area (Å²) in [7, 11) is 0. The third-order valence-corrected chi connectivity index (χ3v) is 4.37. The molecule has 1 heterocycles. The Kier molecular flexibility index (Phi) is 11.2. The smallest absolute Gasteiger partial charge is 0.0697 e. The third kappa shape index (κ3) is 9.49. The zero-order chi connectivity index (χ0) is 15.3. The summed E-state index contributed by atoms with van der Waals surface area (Å²) in [5, 5.41) is 10.0. The minimum atomic E-state index is -0.459. The maximum absolute atomic E-state index is 10.0. The molecular formula is C18H35NO2. The van der Waals surface area contributed by atoms with Gasteiger partial charge in [-0.1, -0.05) is 58.3 Å². The van der Waals surface area contributed by atoms with E-state index in [2.05, 4.69) is 13.3 Å². The van der Waals surface area contributed by atoms with Crippen molar-refractivity contribution in [3.63, 3.8) is 0 Å². The van der Waals surface area contributed by atoms with Crippen LogP contribution in [-0.4, -0.2) is 30.0 Å². The molecule has 0 spiro atoms. The van der Waals surface area contributed by atoms with Crippen LogP contribution in [0.1, 0.15) is 84.0 Å².